The van der Waals surface area contributed by atoms with Crippen molar-refractivity contribution in [2.24, 2.45) is 0 Å². The van der Waals surface area contributed by atoms with E-state index in [4.69, 9.17) is 4.74 Å². The van der Waals surface area contributed by atoms with Crippen LogP contribution in [0.15, 0.2) is 66.9 Å². The molecule has 0 radical (unpaired) electrons. The minimum Gasteiger partial charge on any atom is -0.444 e. The Labute approximate surface area is 140 Å². The molecular weight excluding hydrogens is 302 g/mol. The van der Waals surface area contributed by atoms with Gasteiger partial charge in [0.05, 0.1) is 0 Å². The summed E-state index contributed by atoms with van der Waals surface area (Å²) in [4.78, 5) is 20.7. The molecule has 1 N–H and O–H groups in total. The molecule has 5 heteroatoms. The molecule has 0 aliphatic heterocycles. The van der Waals surface area contributed by atoms with Crippen molar-refractivity contribution >= 4 is 11.9 Å². The van der Waals surface area contributed by atoms with Gasteiger partial charge in [-0.2, -0.15) is 0 Å². The number of carbonyl (C=O) groups excluding carboxylic acids is 1. The fourth-order valence-electron chi connectivity index (χ4n) is 2.15. The number of hydrogen-bond donors (Lipinski definition) is 1. The number of hydrogen-bond acceptors (Lipinski definition) is 4. The first-order valence-electron chi connectivity index (χ1n) is 7.59. The molecule has 0 atom stereocenters. The van der Waals surface area contributed by atoms with E-state index in [0.29, 0.717) is 11.6 Å². The highest BCUT2D eigenvalue weighted by Crippen LogP contribution is 2.18. The average molecular weight is 319 g/mol. The number of rotatable bonds is 4. The van der Waals surface area contributed by atoms with E-state index in [9.17, 15) is 4.79 Å². The molecule has 5 nitrogen and oxygen atoms in total. The SMILES string of the molecule is Cc1cnc(-c2ccccc2)nc1NC(=O)OCc1ccccc1. The number of benzene rings is 2. The zero-order chi connectivity index (χ0) is 16.8. The molecule has 3 rings (SSSR count). The number of aromatic nitrogens is 2. The maximum atomic E-state index is 12.0. The summed E-state index contributed by atoms with van der Waals surface area (Å²) in [5.74, 6) is 1.00. The molecule has 0 bridgehead atoms. The first kappa shape index (κ1) is 15.7. The lowest BCUT2D eigenvalue weighted by Crippen LogP contribution is -2.16. The number of anilines is 1. The van der Waals surface area contributed by atoms with Gasteiger partial charge in [-0.25, -0.2) is 14.8 Å². The van der Waals surface area contributed by atoms with Crippen LogP contribution in [0.2, 0.25) is 0 Å². The van der Waals surface area contributed by atoms with E-state index in [1.165, 1.54) is 0 Å². The third-order valence-corrected chi connectivity index (χ3v) is 3.44. The quantitative estimate of drug-likeness (QED) is 0.782. The van der Waals surface area contributed by atoms with Crippen LogP contribution in [0.1, 0.15) is 11.1 Å². The number of ether oxygens (including phenoxy) is 1. The zero-order valence-corrected chi connectivity index (χ0v) is 13.3. The van der Waals surface area contributed by atoms with Crippen LogP contribution in [0, 0.1) is 6.92 Å². The highest BCUT2D eigenvalue weighted by atomic mass is 16.5. The van der Waals surface area contributed by atoms with Crippen molar-refractivity contribution in [3.63, 3.8) is 0 Å². The third-order valence-electron chi connectivity index (χ3n) is 3.44. The molecule has 3 aromatic rings. The van der Waals surface area contributed by atoms with E-state index >= 15 is 0 Å². The number of carbonyl (C=O) groups is 1. The van der Waals surface area contributed by atoms with Gasteiger partial charge in [0.2, 0.25) is 0 Å². The van der Waals surface area contributed by atoms with Gasteiger partial charge in [-0.3, -0.25) is 5.32 Å². The molecule has 120 valence electrons. The lowest BCUT2D eigenvalue weighted by molar-refractivity contribution is 0.155. The molecule has 24 heavy (non-hydrogen) atoms. The van der Waals surface area contributed by atoms with Gasteiger partial charge in [0, 0.05) is 17.3 Å². The van der Waals surface area contributed by atoms with Crippen molar-refractivity contribution < 1.29 is 9.53 Å². The normalized spacial score (nSPS) is 10.2. The predicted octanol–water partition coefficient (Wildman–Crippen LogP) is 4.20. The van der Waals surface area contributed by atoms with Crippen molar-refractivity contribution in [2.45, 2.75) is 13.5 Å². The fourth-order valence-corrected chi connectivity index (χ4v) is 2.15. The van der Waals surface area contributed by atoms with Crippen LogP contribution in [0.4, 0.5) is 10.6 Å². The molecule has 0 saturated heterocycles. The average Bonchev–Trinajstić information content (AvgIpc) is 2.63. The summed E-state index contributed by atoms with van der Waals surface area (Å²) in [6.07, 6.45) is 1.14. The van der Waals surface area contributed by atoms with E-state index in [-0.39, 0.29) is 6.61 Å². The number of amides is 1. The molecule has 0 fully saturated rings. The van der Waals surface area contributed by atoms with Crippen LogP contribution in [0.3, 0.4) is 0 Å². The first-order chi connectivity index (χ1) is 11.7. The Bertz CT molecular complexity index is 821. The van der Waals surface area contributed by atoms with E-state index in [2.05, 4.69) is 15.3 Å². The summed E-state index contributed by atoms with van der Waals surface area (Å²) in [5.41, 5.74) is 2.58. The monoisotopic (exact) mass is 319 g/mol. The second kappa shape index (κ2) is 7.37. The first-order valence-corrected chi connectivity index (χ1v) is 7.59. The molecule has 1 aromatic heterocycles. The molecular formula is C19H17N3O2. The Morgan fingerprint density at radius 2 is 1.71 bits per heavy atom. The Morgan fingerprint density at radius 3 is 2.42 bits per heavy atom. The Hall–Kier alpha value is -3.21. The van der Waals surface area contributed by atoms with Crippen LogP contribution in [0.5, 0.6) is 0 Å². The van der Waals surface area contributed by atoms with Crippen molar-refractivity contribution in [1.82, 2.24) is 9.97 Å². The summed E-state index contributed by atoms with van der Waals surface area (Å²) in [6.45, 7) is 2.05. The van der Waals surface area contributed by atoms with Gasteiger partial charge in [-0.05, 0) is 12.5 Å². The highest BCUT2D eigenvalue weighted by molar-refractivity contribution is 5.84. The van der Waals surface area contributed by atoms with Gasteiger partial charge in [-0.15, -0.1) is 0 Å². The largest absolute Gasteiger partial charge is 0.444 e. The second-order valence-corrected chi connectivity index (χ2v) is 5.28. The van der Waals surface area contributed by atoms with Crippen LogP contribution >= 0.6 is 0 Å². The Kier molecular flexibility index (Phi) is 4.81. The Morgan fingerprint density at radius 1 is 1.04 bits per heavy atom. The smallest absolute Gasteiger partial charge is 0.413 e. The molecule has 0 saturated carbocycles. The second-order valence-electron chi connectivity index (χ2n) is 5.28. The van der Waals surface area contributed by atoms with E-state index in [0.717, 1.165) is 16.7 Å². The lowest BCUT2D eigenvalue weighted by Gasteiger charge is -2.10. The van der Waals surface area contributed by atoms with Crippen LogP contribution in [-0.4, -0.2) is 16.1 Å². The third kappa shape index (κ3) is 3.95. The summed E-state index contributed by atoms with van der Waals surface area (Å²) in [6, 6.07) is 19.1. The molecule has 0 aliphatic rings. The number of aryl methyl sites for hydroxylation is 1. The molecule has 1 amide bonds. The van der Waals surface area contributed by atoms with Gasteiger partial charge in [0.1, 0.15) is 12.4 Å². The van der Waals surface area contributed by atoms with E-state index in [1.54, 1.807) is 6.20 Å². The predicted molar refractivity (Wildman–Crippen MR) is 92.5 cm³/mol. The van der Waals surface area contributed by atoms with Crippen molar-refractivity contribution in [3.05, 3.63) is 78.0 Å². The fraction of sp³-hybridized carbons (Fsp3) is 0.105. The van der Waals surface area contributed by atoms with Gasteiger partial charge >= 0.3 is 6.09 Å². The maximum Gasteiger partial charge on any atom is 0.413 e. The standard InChI is InChI=1S/C19H17N3O2/c1-14-12-20-18(16-10-6-3-7-11-16)21-17(14)22-19(23)24-13-15-8-4-2-5-9-15/h2-12H,13H2,1H3,(H,20,21,22,23). The number of nitrogens with zero attached hydrogens (tertiary/aromatic N) is 2. The van der Waals surface area contributed by atoms with Gasteiger partial charge in [0.15, 0.2) is 5.82 Å². The van der Waals surface area contributed by atoms with Crippen LogP contribution < -0.4 is 5.32 Å². The molecule has 2 aromatic carbocycles. The summed E-state index contributed by atoms with van der Waals surface area (Å²) in [5, 5.41) is 2.68. The summed E-state index contributed by atoms with van der Waals surface area (Å²) in [7, 11) is 0. The lowest BCUT2D eigenvalue weighted by atomic mass is 10.2. The minimum atomic E-state index is -0.542. The molecule has 0 unspecified atom stereocenters. The number of nitrogens with one attached hydrogen (secondary N) is 1. The molecule has 0 spiro atoms. The van der Waals surface area contributed by atoms with Gasteiger partial charge in [-0.1, -0.05) is 60.7 Å². The van der Waals surface area contributed by atoms with Gasteiger partial charge < -0.3 is 4.74 Å². The van der Waals surface area contributed by atoms with Crippen molar-refractivity contribution in [1.29, 1.82) is 0 Å². The zero-order valence-electron chi connectivity index (χ0n) is 13.3. The summed E-state index contributed by atoms with van der Waals surface area (Å²) >= 11 is 0. The van der Waals surface area contributed by atoms with Crippen molar-refractivity contribution in [2.75, 3.05) is 5.32 Å². The topological polar surface area (TPSA) is 64.1 Å². The maximum absolute atomic E-state index is 12.0. The van der Waals surface area contributed by atoms with E-state index < -0.39 is 6.09 Å². The highest BCUT2D eigenvalue weighted by Gasteiger charge is 2.10. The van der Waals surface area contributed by atoms with Crippen molar-refractivity contribution in [3.8, 4) is 11.4 Å². The minimum absolute atomic E-state index is 0.211. The molecule has 0 aliphatic carbocycles. The molecule has 1 heterocycles. The summed E-state index contributed by atoms with van der Waals surface area (Å²) < 4.78 is 5.22. The van der Waals surface area contributed by atoms with Crippen LogP contribution in [0.25, 0.3) is 11.4 Å². The van der Waals surface area contributed by atoms with Crippen LogP contribution in [-0.2, 0) is 11.3 Å². The Balaban J connectivity index is 1.69. The van der Waals surface area contributed by atoms with Gasteiger partial charge in [0.25, 0.3) is 0 Å². The van der Waals surface area contributed by atoms with E-state index in [1.807, 2.05) is 67.6 Å².